The van der Waals surface area contributed by atoms with Crippen LogP contribution in [0, 0.1) is 11.3 Å². The minimum atomic E-state index is -1.11. The highest BCUT2D eigenvalue weighted by atomic mass is 16.4. The normalized spacial score (nSPS) is 14.5. The zero-order valence-corrected chi connectivity index (χ0v) is 11.6. The first-order chi connectivity index (χ1) is 8.68. The molecule has 0 radical (unpaired) electrons. The number of hydrogen-bond donors (Lipinski definition) is 5. The van der Waals surface area contributed by atoms with Crippen molar-refractivity contribution in [3.05, 3.63) is 0 Å². The Hall–Kier alpha value is -1.50. The van der Waals surface area contributed by atoms with Crippen LogP contribution in [0.4, 0.5) is 9.59 Å². The summed E-state index contributed by atoms with van der Waals surface area (Å²) in [6.45, 7) is 5.86. The highest BCUT2D eigenvalue weighted by Gasteiger charge is 2.27. The van der Waals surface area contributed by atoms with Gasteiger partial charge in [-0.3, -0.25) is 0 Å². The van der Waals surface area contributed by atoms with E-state index in [2.05, 4.69) is 10.6 Å². The third kappa shape index (κ3) is 8.25. The van der Waals surface area contributed by atoms with Gasteiger partial charge in [0.1, 0.15) is 0 Å². The predicted octanol–water partition coefficient (Wildman–Crippen LogP) is 1.32. The Morgan fingerprint density at radius 1 is 1.21 bits per heavy atom. The van der Waals surface area contributed by atoms with Crippen molar-refractivity contribution < 1.29 is 24.9 Å². The van der Waals surface area contributed by atoms with Crippen molar-refractivity contribution in [3.63, 3.8) is 0 Å². The largest absolute Gasteiger partial charge is 0.465 e. The van der Waals surface area contributed by atoms with Gasteiger partial charge in [0, 0.05) is 25.1 Å². The Kier molecular flexibility index (Phi) is 7.21. The van der Waals surface area contributed by atoms with Gasteiger partial charge in [-0.2, -0.15) is 0 Å². The molecule has 112 valence electrons. The van der Waals surface area contributed by atoms with Gasteiger partial charge >= 0.3 is 12.2 Å². The van der Waals surface area contributed by atoms with Crippen molar-refractivity contribution in [2.75, 3.05) is 13.2 Å². The number of carbonyl (C=O) groups is 2. The zero-order valence-electron chi connectivity index (χ0n) is 11.6. The SMILES string of the molecule is C[C@@H](NC(=O)O)[C@H](CO)CC(C)(C)CCNC(=O)O. The fourth-order valence-corrected chi connectivity index (χ4v) is 2.03. The summed E-state index contributed by atoms with van der Waals surface area (Å²) in [6.07, 6.45) is -0.950. The molecule has 19 heavy (non-hydrogen) atoms. The summed E-state index contributed by atoms with van der Waals surface area (Å²) in [5.41, 5.74) is -0.190. The molecule has 7 nitrogen and oxygen atoms in total. The van der Waals surface area contributed by atoms with Crippen molar-refractivity contribution in [3.8, 4) is 0 Å². The molecule has 2 amide bonds. The first kappa shape index (κ1) is 17.5. The average molecular weight is 276 g/mol. The number of hydrogen-bond acceptors (Lipinski definition) is 3. The lowest BCUT2D eigenvalue weighted by atomic mass is 9.78. The standard InChI is InChI=1S/C12H24N2O5/c1-8(14-11(18)19)9(7-15)6-12(2,3)4-5-13-10(16)17/h8-9,13-15H,4-7H2,1-3H3,(H,16,17)(H,18,19)/t8-,9+/m1/s1. The summed E-state index contributed by atoms with van der Waals surface area (Å²) in [5.74, 6) is -0.198. The zero-order chi connectivity index (χ0) is 15.1. The topological polar surface area (TPSA) is 119 Å². The number of aliphatic hydroxyl groups is 1. The van der Waals surface area contributed by atoms with Crippen LogP contribution in [0.2, 0.25) is 0 Å². The Morgan fingerprint density at radius 2 is 1.79 bits per heavy atom. The van der Waals surface area contributed by atoms with E-state index in [-0.39, 0.29) is 24.0 Å². The molecule has 0 aliphatic heterocycles. The maximum absolute atomic E-state index is 10.6. The van der Waals surface area contributed by atoms with Crippen LogP contribution in [-0.2, 0) is 0 Å². The van der Waals surface area contributed by atoms with Gasteiger partial charge in [0.25, 0.3) is 0 Å². The van der Waals surface area contributed by atoms with E-state index >= 15 is 0 Å². The number of carboxylic acid groups (broad SMARTS) is 2. The molecule has 2 atom stereocenters. The Balaban J connectivity index is 4.33. The van der Waals surface area contributed by atoms with Gasteiger partial charge in [-0.1, -0.05) is 13.8 Å². The molecule has 0 heterocycles. The van der Waals surface area contributed by atoms with E-state index in [1.165, 1.54) is 0 Å². The second-order valence-corrected chi connectivity index (χ2v) is 5.53. The summed E-state index contributed by atoms with van der Waals surface area (Å²) in [7, 11) is 0. The highest BCUT2D eigenvalue weighted by Crippen LogP contribution is 2.30. The molecule has 0 spiro atoms. The van der Waals surface area contributed by atoms with Gasteiger partial charge in [-0.25, -0.2) is 9.59 Å². The van der Waals surface area contributed by atoms with Crippen LogP contribution < -0.4 is 10.6 Å². The number of aliphatic hydroxyl groups excluding tert-OH is 1. The summed E-state index contributed by atoms with van der Waals surface area (Å²) < 4.78 is 0. The molecule has 0 aliphatic carbocycles. The molecule has 0 unspecified atom stereocenters. The number of amides is 2. The average Bonchev–Trinajstić information content (AvgIpc) is 2.23. The third-order valence-electron chi connectivity index (χ3n) is 3.19. The van der Waals surface area contributed by atoms with E-state index in [9.17, 15) is 14.7 Å². The van der Waals surface area contributed by atoms with Crippen molar-refractivity contribution in [2.24, 2.45) is 11.3 Å². The quantitative estimate of drug-likeness (QED) is 0.458. The van der Waals surface area contributed by atoms with Crippen LogP contribution >= 0.6 is 0 Å². The van der Waals surface area contributed by atoms with Gasteiger partial charge in [-0.15, -0.1) is 0 Å². The summed E-state index contributed by atoms with van der Waals surface area (Å²) in [5, 5.41) is 31.1. The summed E-state index contributed by atoms with van der Waals surface area (Å²) in [6, 6.07) is -0.353. The summed E-state index contributed by atoms with van der Waals surface area (Å²) in [4.78, 5) is 20.9. The van der Waals surface area contributed by atoms with E-state index in [4.69, 9.17) is 10.2 Å². The Labute approximate surface area is 113 Å². The molecule has 0 rings (SSSR count). The lowest BCUT2D eigenvalue weighted by Crippen LogP contribution is -2.41. The number of rotatable bonds is 8. The first-order valence-electron chi connectivity index (χ1n) is 6.25. The highest BCUT2D eigenvalue weighted by molar-refractivity contribution is 5.64. The molecule has 5 N–H and O–H groups in total. The van der Waals surface area contributed by atoms with Gasteiger partial charge in [0.05, 0.1) is 0 Å². The third-order valence-corrected chi connectivity index (χ3v) is 3.19. The van der Waals surface area contributed by atoms with Gasteiger partial charge < -0.3 is 26.0 Å². The van der Waals surface area contributed by atoms with Gasteiger partial charge in [0.15, 0.2) is 0 Å². The van der Waals surface area contributed by atoms with Crippen LogP contribution in [0.25, 0.3) is 0 Å². The minimum absolute atomic E-state index is 0.114. The second-order valence-electron chi connectivity index (χ2n) is 5.53. The minimum Gasteiger partial charge on any atom is -0.465 e. The van der Waals surface area contributed by atoms with Crippen LogP contribution in [-0.4, -0.2) is 46.7 Å². The molecule has 0 saturated carbocycles. The van der Waals surface area contributed by atoms with E-state index < -0.39 is 12.2 Å². The molecule has 7 heteroatoms. The fraction of sp³-hybridized carbons (Fsp3) is 0.833. The van der Waals surface area contributed by atoms with E-state index in [0.29, 0.717) is 19.4 Å². The van der Waals surface area contributed by atoms with Gasteiger partial charge in [0.2, 0.25) is 0 Å². The predicted molar refractivity (Wildman–Crippen MR) is 70.2 cm³/mol. The number of nitrogens with one attached hydrogen (secondary N) is 2. The monoisotopic (exact) mass is 276 g/mol. The molecule has 0 aromatic carbocycles. The lowest BCUT2D eigenvalue weighted by molar-refractivity contribution is 0.130. The maximum atomic E-state index is 10.6. The molecule has 0 fully saturated rings. The molecule has 0 aromatic rings. The fourth-order valence-electron chi connectivity index (χ4n) is 2.03. The molecule has 0 aromatic heterocycles. The molecule has 0 saturated heterocycles. The van der Waals surface area contributed by atoms with Crippen molar-refractivity contribution >= 4 is 12.2 Å². The smallest absolute Gasteiger partial charge is 0.404 e. The Bertz CT molecular complexity index is 306. The molecular formula is C12H24N2O5. The van der Waals surface area contributed by atoms with E-state index in [1.54, 1.807) is 6.92 Å². The summed E-state index contributed by atoms with van der Waals surface area (Å²) >= 11 is 0. The van der Waals surface area contributed by atoms with Crippen LogP contribution in [0.15, 0.2) is 0 Å². The van der Waals surface area contributed by atoms with Crippen LogP contribution in [0.5, 0.6) is 0 Å². The van der Waals surface area contributed by atoms with Crippen LogP contribution in [0.1, 0.15) is 33.6 Å². The lowest BCUT2D eigenvalue weighted by Gasteiger charge is -2.32. The first-order valence-corrected chi connectivity index (χ1v) is 6.25. The van der Waals surface area contributed by atoms with Crippen molar-refractivity contribution in [1.29, 1.82) is 0 Å². The maximum Gasteiger partial charge on any atom is 0.404 e. The van der Waals surface area contributed by atoms with E-state index in [0.717, 1.165) is 0 Å². The van der Waals surface area contributed by atoms with E-state index in [1.807, 2.05) is 13.8 Å². The molecule has 0 aliphatic rings. The Morgan fingerprint density at radius 3 is 2.21 bits per heavy atom. The molecular weight excluding hydrogens is 252 g/mol. The second kappa shape index (κ2) is 7.83. The van der Waals surface area contributed by atoms with Crippen LogP contribution in [0.3, 0.4) is 0 Å². The van der Waals surface area contributed by atoms with Gasteiger partial charge in [-0.05, 0) is 25.2 Å². The van der Waals surface area contributed by atoms with Crippen molar-refractivity contribution in [2.45, 2.75) is 39.7 Å². The molecule has 0 bridgehead atoms. The van der Waals surface area contributed by atoms with Crippen molar-refractivity contribution in [1.82, 2.24) is 10.6 Å².